The minimum atomic E-state index is -0.393. The number of hydrogen-bond acceptors (Lipinski definition) is 5. The number of carbonyl (C=O) groups excluding carboxylic acids is 1. The Bertz CT molecular complexity index is 919. The summed E-state index contributed by atoms with van der Waals surface area (Å²) < 4.78 is 12.4. The van der Waals surface area contributed by atoms with Crippen LogP contribution in [-0.4, -0.2) is 65.2 Å². The van der Waals surface area contributed by atoms with Crippen LogP contribution in [0.2, 0.25) is 0 Å². The van der Waals surface area contributed by atoms with Gasteiger partial charge in [-0.05, 0) is 31.2 Å². The Balaban J connectivity index is 1.30. The number of likely N-dealkylation sites (tertiary alicyclic amines) is 1. The molecular formula is C23H29N3O4. The minimum Gasteiger partial charge on any atom is -0.447 e. The second-order valence-electron chi connectivity index (χ2n) is 8.82. The summed E-state index contributed by atoms with van der Waals surface area (Å²) in [5.74, 6) is 0.154. The smallest absolute Gasteiger partial charge is 0.409 e. The van der Waals surface area contributed by atoms with E-state index in [2.05, 4.69) is 33.8 Å². The fourth-order valence-corrected chi connectivity index (χ4v) is 5.84. The number of rotatable bonds is 4. The molecule has 2 aromatic rings. The van der Waals surface area contributed by atoms with E-state index in [1.54, 1.807) is 12.0 Å². The summed E-state index contributed by atoms with van der Waals surface area (Å²) in [6.07, 6.45) is 6.75. The molecule has 160 valence electrons. The molecule has 3 heterocycles. The summed E-state index contributed by atoms with van der Waals surface area (Å²) in [7, 11) is 1.59. The lowest BCUT2D eigenvalue weighted by molar-refractivity contribution is -0.0263. The van der Waals surface area contributed by atoms with Crippen molar-refractivity contribution in [2.24, 2.45) is 11.3 Å². The van der Waals surface area contributed by atoms with Gasteiger partial charge in [0.2, 0.25) is 0 Å². The van der Waals surface area contributed by atoms with Crippen molar-refractivity contribution in [3.05, 3.63) is 42.4 Å². The maximum absolute atomic E-state index is 12.3. The summed E-state index contributed by atoms with van der Waals surface area (Å²) in [5.41, 5.74) is 3.53. The van der Waals surface area contributed by atoms with Gasteiger partial charge in [-0.1, -0.05) is 24.3 Å². The fourth-order valence-electron chi connectivity index (χ4n) is 5.84. The molecule has 3 aliphatic rings. The summed E-state index contributed by atoms with van der Waals surface area (Å²) in [5, 5.41) is 11.5. The fraction of sp³-hybridized carbons (Fsp3) is 0.565. The highest BCUT2D eigenvalue weighted by Crippen LogP contribution is 2.55. The number of benzene rings is 1. The van der Waals surface area contributed by atoms with Crippen LogP contribution in [0.3, 0.4) is 0 Å². The third-order valence-corrected chi connectivity index (χ3v) is 7.47. The summed E-state index contributed by atoms with van der Waals surface area (Å²) in [4.78, 5) is 18.4. The minimum absolute atomic E-state index is 0.119. The van der Waals surface area contributed by atoms with Crippen molar-refractivity contribution in [3.63, 3.8) is 0 Å². The van der Waals surface area contributed by atoms with Gasteiger partial charge in [-0.2, -0.15) is 0 Å². The van der Waals surface area contributed by atoms with Gasteiger partial charge in [0, 0.05) is 37.1 Å². The topological polar surface area (TPSA) is 76.8 Å². The Hall–Kier alpha value is -2.38. The molecule has 1 aliphatic carbocycles. The first-order valence-electron chi connectivity index (χ1n) is 10.8. The second-order valence-corrected chi connectivity index (χ2v) is 8.82. The molecule has 1 amide bonds. The molecule has 2 aliphatic heterocycles. The van der Waals surface area contributed by atoms with E-state index in [1.165, 1.54) is 11.1 Å². The van der Waals surface area contributed by atoms with Gasteiger partial charge in [0.25, 0.3) is 0 Å². The normalized spacial score (nSPS) is 26.6. The van der Waals surface area contributed by atoms with Crippen molar-refractivity contribution in [1.82, 2.24) is 14.5 Å². The van der Waals surface area contributed by atoms with Gasteiger partial charge in [-0.3, -0.25) is 0 Å². The first-order chi connectivity index (χ1) is 14.6. The van der Waals surface area contributed by atoms with Gasteiger partial charge in [0.15, 0.2) is 0 Å². The number of piperidine rings is 1. The van der Waals surface area contributed by atoms with Crippen molar-refractivity contribution in [3.8, 4) is 11.3 Å². The lowest BCUT2D eigenvalue weighted by atomic mass is 9.73. The lowest BCUT2D eigenvalue weighted by Crippen LogP contribution is -2.47. The van der Waals surface area contributed by atoms with Gasteiger partial charge in [0.1, 0.15) is 6.61 Å². The highest BCUT2D eigenvalue weighted by molar-refractivity contribution is 5.69. The number of hydrogen-bond donors (Lipinski definition) is 1. The van der Waals surface area contributed by atoms with Crippen molar-refractivity contribution in [2.45, 2.75) is 37.8 Å². The molecule has 5 rings (SSSR count). The zero-order valence-corrected chi connectivity index (χ0v) is 17.4. The number of methoxy groups -OCH3 is 1. The third kappa shape index (κ3) is 3.03. The monoisotopic (exact) mass is 411 g/mol. The predicted molar refractivity (Wildman–Crippen MR) is 111 cm³/mol. The van der Waals surface area contributed by atoms with E-state index in [-0.39, 0.29) is 30.1 Å². The van der Waals surface area contributed by atoms with Crippen LogP contribution in [0.4, 0.5) is 4.79 Å². The first kappa shape index (κ1) is 19.6. The van der Waals surface area contributed by atoms with Crippen molar-refractivity contribution in [2.75, 3.05) is 33.4 Å². The molecule has 1 N–H and O–H groups in total. The molecule has 1 saturated heterocycles. The molecular weight excluding hydrogens is 382 g/mol. The highest BCUT2D eigenvalue weighted by Gasteiger charge is 2.53. The molecule has 2 fully saturated rings. The van der Waals surface area contributed by atoms with Crippen LogP contribution in [0.25, 0.3) is 11.3 Å². The molecule has 7 nitrogen and oxygen atoms in total. The van der Waals surface area contributed by atoms with Gasteiger partial charge in [0.05, 0.1) is 37.0 Å². The van der Waals surface area contributed by atoms with E-state index >= 15 is 0 Å². The molecule has 1 aromatic carbocycles. The van der Waals surface area contributed by atoms with Crippen molar-refractivity contribution in [1.29, 1.82) is 0 Å². The van der Waals surface area contributed by atoms with E-state index < -0.39 is 6.10 Å². The van der Waals surface area contributed by atoms with Crippen LogP contribution < -0.4 is 0 Å². The molecule has 3 atom stereocenters. The van der Waals surface area contributed by atoms with Crippen LogP contribution in [0.1, 0.15) is 37.3 Å². The van der Waals surface area contributed by atoms with Crippen molar-refractivity contribution >= 4 is 6.09 Å². The number of aliphatic hydroxyl groups is 1. The first-order valence-corrected chi connectivity index (χ1v) is 10.8. The summed E-state index contributed by atoms with van der Waals surface area (Å²) in [6.45, 7) is 1.94. The molecule has 0 bridgehead atoms. The van der Waals surface area contributed by atoms with Crippen LogP contribution in [0.15, 0.2) is 36.8 Å². The van der Waals surface area contributed by atoms with Crippen LogP contribution in [-0.2, 0) is 9.47 Å². The number of nitrogens with zero attached hydrogens (tertiary/aromatic N) is 3. The van der Waals surface area contributed by atoms with E-state index in [0.29, 0.717) is 19.7 Å². The second kappa shape index (κ2) is 7.71. The Morgan fingerprint density at radius 2 is 2.03 bits per heavy atom. The molecule has 7 heteroatoms. The zero-order chi connectivity index (χ0) is 20.7. The highest BCUT2D eigenvalue weighted by atomic mass is 16.6. The summed E-state index contributed by atoms with van der Waals surface area (Å²) >= 11 is 0. The van der Waals surface area contributed by atoms with Gasteiger partial charge in [-0.15, -0.1) is 0 Å². The zero-order valence-electron chi connectivity index (χ0n) is 17.4. The molecule has 0 radical (unpaired) electrons. The molecule has 1 spiro atoms. The quantitative estimate of drug-likeness (QED) is 0.783. The van der Waals surface area contributed by atoms with E-state index in [9.17, 15) is 9.90 Å². The lowest BCUT2D eigenvalue weighted by Gasteiger charge is -2.42. The molecule has 30 heavy (non-hydrogen) atoms. The number of amides is 1. The molecule has 1 aromatic heterocycles. The summed E-state index contributed by atoms with van der Waals surface area (Å²) in [6, 6.07) is 8.60. The van der Waals surface area contributed by atoms with E-state index in [1.807, 2.05) is 12.5 Å². The Labute approximate surface area is 176 Å². The number of aliphatic hydroxyl groups excluding tert-OH is 1. The number of fused-ring (bicyclic) bond motifs is 3. The van der Waals surface area contributed by atoms with Crippen LogP contribution in [0.5, 0.6) is 0 Å². The van der Waals surface area contributed by atoms with E-state index in [4.69, 9.17) is 9.47 Å². The Morgan fingerprint density at radius 3 is 2.83 bits per heavy atom. The number of ether oxygens (including phenoxy) is 2. The maximum Gasteiger partial charge on any atom is 0.409 e. The maximum atomic E-state index is 12.3. The number of carbonyl (C=O) groups is 1. The average Bonchev–Trinajstić information content (AvgIpc) is 3.44. The molecule has 1 saturated carbocycles. The predicted octanol–water partition coefficient (Wildman–Crippen LogP) is 3.09. The van der Waals surface area contributed by atoms with Crippen molar-refractivity contribution < 1.29 is 19.4 Å². The van der Waals surface area contributed by atoms with Gasteiger partial charge < -0.3 is 24.0 Å². The average molecular weight is 412 g/mol. The van der Waals surface area contributed by atoms with Crippen LogP contribution in [0, 0.1) is 11.3 Å². The Morgan fingerprint density at radius 1 is 1.23 bits per heavy atom. The van der Waals surface area contributed by atoms with Gasteiger partial charge >= 0.3 is 6.09 Å². The Kier molecular flexibility index (Phi) is 5.03. The van der Waals surface area contributed by atoms with E-state index in [0.717, 1.165) is 31.4 Å². The molecule has 0 unspecified atom stereocenters. The largest absolute Gasteiger partial charge is 0.447 e. The SMILES string of the molecule is COCCOC(=O)N1CCC2(CC[C@@H]([C@H]3c4ccccc4-c4cncn43)[C@H]2O)CC1. The van der Waals surface area contributed by atoms with Gasteiger partial charge in [-0.25, -0.2) is 9.78 Å². The number of aromatic nitrogens is 2. The van der Waals surface area contributed by atoms with Crippen LogP contribution >= 0.6 is 0 Å². The third-order valence-electron chi connectivity index (χ3n) is 7.47. The number of imidazole rings is 1. The standard InChI is InChI=1S/C23H29N3O4/c1-29-12-13-30-22(28)25-10-8-23(9-11-25)7-6-18(21(23)27)20-17-5-3-2-4-16(17)19-14-24-15-26(19)20/h2-5,14-15,18,20-21,27H,6-13H2,1H3/t18-,20+,21+/m0/s1.